The van der Waals surface area contributed by atoms with Gasteiger partial charge in [0.25, 0.3) is 0 Å². The standard InChI is InChI=1S/C9H15N5O3S/c10-13-9-11-5-8(6-12-9)18(16,17)14-3-1-7(15)2-4-14/h5-7,15H,1-4,10H2,(H,11,12,13). The molecular weight excluding hydrogens is 258 g/mol. The molecule has 0 unspecified atom stereocenters. The predicted octanol–water partition coefficient (Wildman–Crippen LogP) is -1.09. The van der Waals surface area contributed by atoms with Crippen molar-refractivity contribution in [3.8, 4) is 0 Å². The Morgan fingerprint density at radius 1 is 1.33 bits per heavy atom. The van der Waals surface area contributed by atoms with E-state index >= 15 is 0 Å². The fraction of sp³-hybridized carbons (Fsp3) is 0.556. The van der Waals surface area contributed by atoms with Gasteiger partial charge in [0.15, 0.2) is 0 Å². The number of aromatic nitrogens is 2. The van der Waals surface area contributed by atoms with E-state index in [9.17, 15) is 13.5 Å². The molecule has 1 aromatic heterocycles. The van der Waals surface area contributed by atoms with Crippen molar-refractivity contribution in [2.75, 3.05) is 18.5 Å². The highest BCUT2D eigenvalue weighted by atomic mass is 32.2. The molecule has 0 bridgehead atoms. The Bertz CT molecular complexity index is 495. The normalized spacial score (nSPS) is 18.8. The molecule has 2 rings (SSSR count). The Hall–Kier alpha value is -1.29. The Morgan fingerprint density at radius 2 is 1.89 bits per heavy atom. The monoisotopic (exact) mass is 273 g/mol. The van der Waals surface area contributed by atoms with E-state index in [4.69, 9.17) is 5.84 Å². The second-order valence-corrected chi connectivity index (χ2v) is 5.96. The van der Waals surface area contributed by atoms with Gasteiger partial charge >= 0.3 is 0 Å². The SMILES string of the molecule is NNc1ncc(S(=O)(=O)N2CCC(O)CC2)cn1. The summed E-state index contributed by atoms with van der Waals surface area (Å²) < 4.78 is 25.7. The van der Waals surface area contributed by atoms with Gasteiger partial charge in [-0.05, 0) is 12.8 Å². The lowest BCUT2D eigenvalue weighted by atomic mass is 10.1. The van der Waals surface area contributed by atoms with Gasteiger partial charge in [-0.3, -0.25) is 5.43 Å². The molecule has 0 atom stereocenters. The molecule has 8 nitrogen and oxygen atoms in total. The van der Waals surface area contributed by atoms with E-state index in [2.05, 4.69) is 15.4 Å². The van der Waals surface area contributed by atoms with Crippen LogP contribution >= 0.6 is 0 Å². The number of hydrogen-bond donors (Lipinski definition) is 3. The van der Waals surface area contributed by atoms with Crippen LogP contribution in [0.1, 0.15) is 12.8 Å². The molecule has 1 aliphatic rings. The first-order valence-electron chi connectivity index (χ1n) is 5.51. The number of nitrogen functional groups attached to an aromatic ring is 1. The number of anilines is 1. The lowest BCUT2D eigenvalue weighted by molar-refractivity contribution is 0.113. The zero-order valence-corrected chi connectivity index (χ0v) is 10.5. The largest absolute Gasteiger partial charge is 0.393 e. The quantitative estimate of drug-likeness (QED) is 0.472. The maximum absolute atomic E-state index is 12.2. The molecule has 0 amide bonds. The molecule has 1 fully saturated rings. The van der Waals surface area contributed by atoms with Crippen molar-refractivity contribution >= 4 is 16.0 Å². The zero-order chi connectivity index (χ0) is 13.2. The molecular formula is C9H15N5O3S. The molecule has 100 valence electrons. The fourth-order valence-electron chi connectivity index (χ4n) is 1.76. The maximum atomic E-state index is 12.2. The lowest BCUT2D eigenvalue weighted by Crippen LogP contribution is -2.40. The van der Waals surface area contributed by atoms with E-state index in [1.54, 1.807) is 0 Å². The molecule has 1 aromatic rings. The van der Waals surface area contributed by atoms with Crippen LogP contribution in [0, 0.1) is 0 Å². The molecule has 0 spiro atoms. The number of aliphatic hydroxyl groups excluding tert-OH is 1. The van der Waals surface area contributed by atoms with Gasteiger partial charge in [-0.1, -0.05) is 0 Å². The van der Waals surface area contributed by atoms with Gasteiger partial charge in [-0.2, -0.15) is 4.31 Å². The third-order valence-corrected chi connectivity index (χ3v) is 4.67. The van der Waals surface area contributed by atoms with Crippen LogP contribution in [0.25, 0.3) is 0 Å². The average Bonchev–Trinajstić information content (AvgIpc) is 2.39. The van der Waals surface area contributed by atoms with Gasteiger partial charge in [0.1, 0.15) is 4.90 Å². The highest BCUT2D eigenvalue weighted by molar-refractivity contribution is 7.89. The molecule has 18 heavy (non-hydrogen) atoms. The van der Waals surface area contributed by atoms with Crippen molar-refractivity contribution < 1.29 is 13.5 Å². The number of sulfonamides is 1. The number of hydrogen-bond acceptors (Lipinski definition) is 7. The van der Waals surface area contributed by atoms with Crippen molar-refractivity contribution in [1.82, 2.24) is 14.3 Å². The summed E-state index contributed by atoms with van der Waals surface area (Å²) in [5.41, 5.74) is 2.23. The topological polar surface area (TPSA) is 121 Å². The highest BCUT2D eigenvalue weighted by Crippen LogP contribution is 2.19. The van der Waals surface area contributed by atoms with E-state index in [1.807, 2.05) is 0 Å². The summed E-state index contributed by atoms with van der Waals surface area (Å²) in [4.78, 5) is 7.57. The van der Waals surface area contributed by atoms with E-state index in [-0.39, 0.29) is 10.8 Å². The second kappa shape index (κ2) is 5.14. The fourth-order valence-corrected chi connectivity index (χ4v) is 3.12. The van der Waals surface area contributed by atoms with Crippen LogP contribution in [-0.2, 0) is 10.0 Å². The minimum atomic E-state index is -3.58. The first-order chi connectivity index (χ1) is 8.54. The Kier molecular flexibility index (Phi) is 3.76. The Morgan fingerprint density at radius 3 is 2.39 bits per heavy atom. The van der Waals surface area contributed by atoms with Gasteiger partial charge in [0.2, 0.25) is 16.0 Å². The highest BCUT2D eigenvalue weighted by Gasteiger charge is 2.29. The summed E-state index contributed by atoms with van der Waals surface area (Å²) in [7, 11) is -3.58. The number of aliphatic hydroxyl groups is 1. The molecule has 4 N–H and O–H groups in total. The summed E-state index contributed by atoms with van der Waals surface area (Å²) in [6.07, 6.45) is 2.90. The van der Waals surface area contributed by atoms with Gasteiger partial charge in [0.05, 0.1) is 18.5 Å². The number of rotatable bonds is 3. The molecule has 2 heterocycles. The summed E-state index contributed by atoms with van der Waals surface area (Å²) in [6, 6.07) is 0. The number of piperidine rings is 1. The van der Waals surface area contributed by atoms with Crippen molar-refractivity contribution in [2.45, 2.75) is 23.8 Å². The lowest BCUT2D eigenvalue weighted by Gasteiger charge is -2.28. The second-order valence-electron chi connectivity index (χ2n) is 4.02. The molecule has 1 aliphatic heterocycles. The van der Waals surface area contributed by atoms with Crippen LogP contribution < -0.4 is 11.3 Å². The third-order valence-electron chi connectivity index (χ3n) is 2.82. The van der Waals surface area contributed by atoms with E-state index < -0.39 is 16.1 Å². The number of nitrogens with two attached hydrogens (primary N) is 1. The van der Waals surface area contributed by atoms with Crippen molar-refractivity contribution in [1.29, 1.82) is 0 Å². The van der Waals surface area contributed by atoms with Gasteiger partial charge in [-0.15, -0.1) is 0 Å². The maximum Gasteiger partial charge on any atom is 0.246 e. The third kappa shape index (κ3) is 2.58. The van der Waals surface area contributed by atoms with Crippen LogP contribution in [0.2, 0.25) is 0 Å². The molecule has 0 aromatic carbocycles. The van der Waals surface area contributed by atoms with Gasteiger partial charge in [-0.25, -0.2) is 24.2 Å². The molecule has 0 saturated carbocycles. The Labute approximate surface area is 105 Å². The minimum Gasteiger partial charge on any atom is -0.393 e. The smallest absolute Gasteiger partial charge is 0.246 e. The molecule has 9 heteroatoms. The predicted molar refractivity (Wildman–Crippen MR) is 63.8 cm³/mol. The van der Waals surface area contributed by atoms with E-state index in [1.165, 1.54) is 16.7 Å². The summed E-state index contributed by atoms with van der Waals surface area (Å²) in [6.45, 7) is 0.612. The first kappa shape index (κ1) is 13.1. The summed E-state index contributed by atoms with van der Waals surface area (Å²) >= 11 is 0. The minimum absolute atomic E-state index is 0.0258. The summed E-state index contributed by atoms with van der Waals surface area (Å²) in [5, 5.41) is 9.36. The van der Waals surface area contributed by atoms with E-state index in [0.29, 0.717) is 25.9 Å². The number of nitrogens with one attached hydrogen (secondary N) is 1. The van der Waals surface area contributed by atoms with E-state index in [0.717, 1.165) is 0 Å². The van der Waals surface area contributed by atoms with Crippen molar-refractivity contribution in [2.24, 2.45) is 5.84 Å². The van der Waals surface area contributed by atoms with Crippen molar-refractivity contribution in [3.63, 3.8) is 0 Å². The number of nitrogens with zero attached hydrogens (tertiary/aromatic N) is 3. The Balaban J connectivity index is 2.19. The number of hydrazine groups is 1. The average molecular weight is 273 g/mol. The van der Waals surface area contributed by atoms with Crippen LogP contribution in [0.15, 0.2) is 17.3 Å². The van der Waals surface area contributed by atoms with Gasteiger partial charge in [0, 0.05) is 13.1 Å². The molecule has 0 aliphatic carbocycles. The first-order valence-corrected chi connectivity index (χ1v) is 6.95. The zero-order valence-electron chi connectivity index (χ0n) is 9.65. The van der Waals surface area contributed by atoms with Crippen LogP contribution in [0.3, 0.4) is 0 Å². The van der Waals surface area contributed by atoms with Gasteiger partial charge < -0.3 is 5.11 Å². The molecule has 1 saturated heterocycles. The van der Waals surface area contributed by atoms with Crippen molar-refractivity contribution in [3.05, 3.63) is 12.4 Å². The van der Waals surface area contributed by atoms with Crippen LogP contribution in [-0.4, -0.2) is 47.0 Å². The van der Waals surface area contributed by atoms with Crippen LogP contribution in [0.4, 0.5) is 5.95 Å². The summed E-state index contributed by atoms with van der Waals surface area (Å²) in [5.74, 6) is 5.26. The van der Waals surface area contributed by atoms with Crippen LogP contribution in [0.5, 0.6) is 0 Å². The molecule has 0 radical (unpaired) electrons.